The average Bonchev–Trinajstić information content (AvgIpc) is 3.14. The molecule has 7 rings (SSSR count). The van der Waals surface area contributed by atoms with Gasteiger partial charge in [0.05, 0.1) is 5.69 Å². The zero-order valence-corrected chi connectivity index (χ0v) is 25.8. The highest BCUT2D eigenvalue weighted by Crippen LogP contribution is 2.39. The van der Waals surface area contributed by atoms with Gasteiger partial charge in [-0.2, -0.15) is 0 Å². The molecule has 1 aliphatic rings. The normalized spacial score (nSPS) is 13.4. The molecule has 0 atom stereocenters. The summed E-state index contributed by atoms with van der Waals surface area (Å²) in [5.41, 5.74) is 9.46. The molecule has 6 aromatic carbocycles. The summed E-state index contributed by atoms with van der Waals surface area (Å²) in [6, 6.07) is 54.1. The Morgan fingerprint density at radius 3 is 1.80 bits per heavy atom. The van der Waals surface area contributed by atoms with Crippen LogP contribution in [0.25, 0.3) is 21.9 Å². The zero-order valence-electron chi connectivity index (χ0n) is 25.8. The van der Waals surface area contributed by atoms with E-state index >= 15 is 0 Å². The molecule has 0 fully saturated rings. The second-order valence-electron chi connectivity index (χ2n) is 11.4. The fourth-order valence-corrected chi connectivity index (χ4v) is 6.02. The first kappa shape index (κ1) is 28.9. The van der Waals surface area contributed by atoms with Crippen molar-refractivity contribution in [2.75, 3.05) is 16.3 Å². The Balaban J connectivity index is 1.15. The maximum absolute atomic E-state index is 2.35. The summed E-state index contributed by atoms with van der Waals surface area (Å²) >= 11 is 0. The Kier molecular flexibility index (Phi) is 8.69. The summed E-state index contributed by atoms with van der Waals surface area (Å²) in [4.78, 5) is 4.69. The van der Waals surface area contributed by atoms with Crippen LogP contribution in [0.5, 0.6) is 0 Å². The van der Waals surface area contributed by atoms with Crippen LogP contribution in [0.15, 0.2) is 200 Å². The Morgan fingerprint density at radius 2 is 1.11 bits per heavy atom. The van der Waals surface area contributed by atoms with E-state index in [0.717, 1.165) is 30.0 Å². The summed E-state index contributed by atoms with van der Waals surface area (Å²) in [7, 11) is 0. The standard InChI is InChI=1S/C44H36N2/c1-4-15-35(16-5-1)17-12-13-34-45(39-20-6-2-7-21-39)40-30-26-36(27-31-40)37-28-32-42(33-29-37)46(41-22-8-3-9-23-41)44-25-14-19-38-18-10-11-24-43(38)44/h1-15,17-33H,16,34H2/b13-12-,35-17-. The molecule has 2 nitrogen and oxygen atoms in total. The third kappa shape index (κ3) is 6.47. The molecule has 46 heavy (non-hydrogen) atoms. The Hall–Kier alpha value is -5.86. The highest BCUT2D eigenvalue weighted by atomic mass is 15.1. The molecule has 0 saturated carbocycles. The van der Waals surface area contributed by atoms with Crippen molar-refractivity contribution in [3.05, 3.63) is 200 Å². The largest absolute Gasteiger partial charge is 0.338 e. The van der Waals surface area contributed by atoms with Gasteiger partial charge in [-0.1, -0.05) is 140 Å². The molecule has 0 amide bonds. The van der Waals surface area contributed by atoms with Gasteiger partial charge in [-0.05, 0) is 83.1 Å². The maximum Gasteiger partial charge on any atom is 0.0540 e. The lowest BCUT2D eigenvalue weighted by Gasteiger charge is -2.27. The molecule has 0 aliphatic heterocycles. The van der Waals surface area contributed by atoms with Crippen molar-refractivity contribution in [3.63, 3.8) is 0 Å². The van der Waals surface area contributed by atoms with Crippen molar-refractivity contribution in [2.45, 2.75) is 6.42 Å². The SMILES string of the molecule is C1=CC/C(=C\C=C/CN(c2ccccc2)c2ccc(-c3ccc(N(c4ccccc4)c4cccc5ccccc45)cc3)cc2)C=C1. The minimum absolute atomic E-state index is 0.783. The highest BCUT2D eigenvalue weighted by Gasteiger charge is 2.15. The summed E-state index contributed by atoms with van der Waals surface area (Å²) in [6.45, 7) is 0.783. The predicted molar refractivity (Wildman–Crippen MR) is 198 cm³/mol. The Labute approximate surface area is 272 Å². The molecular formula is C44H36N2. The number of para-hydroxylation sites is 2. The van der Waals surface area contributed by atoms with Gasteiger partial charge < -0.3 is 9.80 Å². The van der Waals surface area contributed by atoms with Crippen molar-refractivity contribution >= 4 is 39.2 Å². The molecule has 0 radical (unpaired) electrons. The quantitative estimate of drug-likeness (QED) is 0.165. The molecule has 0 unspecified atom stereocenters. The van der Waals surface area contributed by atoms with Gasteiger partial charge in [-0.25, -0.2) is 0 Å². The lowest BCUT2D eigenvalue weighted by atomic mass is 10.0. The van der Waals surface area contributed by atoms with Gasteiger partial charge >= 0.3 is 0 Å². The van der Waals surface area contributed by atoms with E-state index in [4.69, 9.17) is 0 Å². The number of hydrogen-bond acceptors (Lipinski definition) is 2. The smallest absolute Gasteiger partial charge is 0.0540 e. The average molecular weight is 593 g/mol. The summed E-state index contributed by atoms with van der Waals surface area (Å²) in [5, 5.41) is 2.46. The molecule has 2 heteroatoms. The number of benzene rings is 6. The van der Waals surface area contributed by atoms with E-state index in [1.807, 2.05) is 0 Å². The zero-order chi connectivity index (χ0) is 31.0. The van der Waals surface area contributed by atoms with Gasteiger partial charge in [0.1, 0.15) is 0 Å². The van der Waals surface area contributed by atoms with Gasteiger partial charge in [-0.3, -0.25) is 0 Å². The maximum atomic E-state index is 2.35. The van der Waals surface area contributed by atoms with E-state index in [-0.39, 0.29) is 0 Å². The summed E-state index contributed by atoms with van der Waals surface area (Å²) in [5.74, 6) is 0. The first-order chi connectivity index (χ1) is 22.8. The Morgan fingerprint density at radius 1 is 0.522 bits per heavy atom. The number of allylic oxidation sites excluding steroid dienone is 7. The van der Waals surface area contributed by atoms with Crippen molar-refractivity contribution in [1.29, 1.82) is 0 Å². The van der Waals surface area contributed by atoms with E-state index in [9.17, 15) is 0 Å². The third-order valence-electron chi connectivity index (χ3n) is 8.37. The van der Waals surface area contributed by atoms with Gasteiger partial charge in [0, 0.05) is 34.7 Å². The highest BCUT2D eigenvalue weighted by molar-refractivity contribution is 5.99. The van der Waals surface area contributed by atoms with E-state index in [2.05, 4.69) is 204 Å². The first-order valence-electron chi connectivity index (χ1n) is 15.9. The predicted octanol–water partition coefficient (Wildman–Crippen LogP) is 12.1. The summed E-state index contributed by atoms with van der Waals surface area (Å²) in [6.07, 6.45) is 16.1. The van der Waals surface area contributed by atoms with Crippen LogP contribution >= 0.6 is 0 Å². The number of hydrogen-bond donors (Lipinski definition) is 0. The van der Waals surface area contributed by atoms with Crippen molar-refractivity contribution in [3.8, 4) is 11.1 Å². The summed E-state index contributed by atoms with van der Waals surface area (Å²) < 4.78 is 0. The topological polar surface area (TPSA) is 6.48 Å². The molecule has 0 aromatic heterocycles. The number of nitrogens with zero attached hydrogens (tertiary/aromatic N) is 2. The number of rotatable bonds is 9. The van der Waals surface area contributed by atoms with Crippen LogP contribution in [-0.4, -0.2) is 6.54 Å². The minimum atomic E-state index is 0.783. The van der Waals surface area contributed by atoms with Crippen LogP contribution in [-0.2, 0) is 0 Å². The van der Waals surface area contributed by atoms with Crippen LogP contribution in [0.1, 0.15) is 6.42 Å². The second kappa shape index (κ2) is 13.8. The molecule has 222 valence electrons. The molecule has 1 aliphatic carbocycles. The third-order valence-corrected chi connectivity index (χ3v) is 8.37. The minimum Gasteiger partial charge on any atom is -0.338 e. The molecular weight excluding hydrogens is 556 g/mol. The van der Waals surface area contributed by atoms with Crippen molar-refractivity contribution in [2.24, 2.45) is 0 Å². The van der Waals surface area contributed by atoms with Gasteiger partial charge in [0.2, 0.25) is 0 Å². The molecule has 0 saturated heterocycles. The van der Waals surface area contributed by atoms with Crippen LogP contribution in [0.3, 0.4) is 0 Å². The lowest BCUT2D eigenvalue weighted by molar-refractivity contribution is 1.10. The van der Waals surface area contributed by atoms with E-state index < -0.39 is 0 Å². The fraction of sp³-hybridized carbons (Fsp3) is 0.0455. The van der Waals surface area contributed by atoms with Gasteiger partial charge in [0.25, 0.3) is 0 Å². The van der Waals surface area contributed by atoms with E-state index in [1.54, 1.807) is 0 Å². The van der Waals surface area contributed by atoms with Gasteiger partial charge in [-0.15, -0.1) is 0 Å². The van der Waals surface area contributed by atoms with E-state index in [0.29, 0.717) is 0 Å². The lowest BCUT2D eigenvalue weighted by Crippen LogP contribution is -2.16. The number of anilines is 5. The van der Waals surface area contributed by atoms with Crippen LogP contribution in [0, 0.1) is 0 Å². The van der Waals surface area contributed by atoms with Crippen molar-refractivity contribution < 1.29 is 0 Å². The molecule has 6 aromatic rings. The van der Waals surface area contributed by atoms with Crippen molar-refractivity contribution in [1.82, 2.24) is 0 Å². The second-order valence-corrected chi connectivity index (χ2v) is 11.4. The fourth-order valence-electron chi connectivity index (χ4n) is 6.02. The van der Waals surface area contributed by atoms with Gasteiger partial charge in [0.15, 0.2) is 0 Å². The Bertz CT molecular complexity index is 2010. The number of fused-ring (bicyclic) bond motifs is 1. The monoisotopic (exact) mass is 592 g/mol. The van der Waals surface area contributed by atoms with Crippen LogP contribution < -0.4 is 9.80 Å². The van der Waals surface area contributed by atoms with E-state index in [1.165, 1.54) is 38.8 Å². The molecule has 0 spiro atoms. The molecule has 0 heterocycles. The molecule has 0 bridgehead atoms. The van der Waals surface area contributed by atoms with Crippen LogP contribution in [0.2, 0.25) is 0 Å². The molecule has 0 N–H and O–H groups in total. The first-order valence-corrected chi connectivity index (χ1v) is 15.9. The van der Waals surface area contributed by atoms with Crippen LogP contribution in [0.4, 0.5) is 28.4 Å².